The molecular formula is C13H14N2O3. The lowest BCUT2D eigenvalue weighted by Crippen LogP contribution is -2.10. The summed E-state index contributed by atoms with van der Waals surface area (Å²) >= 11 is 0. The van der Waals surface area contributed by atoms with Gasteiger partial charge in [0.2, 0.25) is 0 Å². The van der Waals surface area contributed by atoms with Gasteiger partial charge in [0, 0.05) is 17.3 Å². The van der Waals surface area contributed by atoms with E-state index in [1.54, 1.807) is 13.0 Å². The van der Waals surface area contributed by atoms with Crippen LogP contribution in [0.25, 0.3) is 10.9 Å². The molecule has 0 aliphatic rings. The molecule has 0 atom stereocenters. The Labute approximate surface area is 104 Å². The Morgan fingerprint density at radius 2 is 2.22 bits per heavy atom. The summed E-state index contributed by atoms with van der Waals surface area (Å²) in [6.07, 6.45) is 2.10. The van der Waals surface area contributed by atoms with Crippen molar-refractivity contribution in [1.82, 2.24) is 9.97 Å². The largest absolute Gasteiger partial charge is 0.507 e. The molecule has 0 aliphatic heterocycles. The van der Waals surface area contributed by atoms with Gasteiger partial charge in [0.25, 0.3) is 0 Å². The number of aryl methyl sites for hydroxylation is 1. The van der Waals surface area contributed by atoms with Crippen LogP contribution in [0.5, 0.6) is 5.75 Å². The molecular weight excluding hydrogens is 232 g/mol. The highest BCUT2D eigenvalue weighted by atomic mass is 16.5. The molecule has 0 saturated heterocycles. The minimum absolute atomic E-state index is 0.0858. The van der Waals surface area contributed by atoms with Gasteiger partial charge in [-0.25, -0.2) is 9.78 Å². The number of esters is 1. The summed E-state index contributed by atoms with van der Waals surface area (Å²) < 4.78 is 4.95. The molecule has 0 spiro atoms. The standard InChI is InChI=1S/C13H14N2O3/c1-3-8-7-9-10(16)5-6-14-11(9)12(15-8)13(17)18-4-2/h5-7H,3-4H2,1-2H3,(H,14,16). The van der Waals surface area contributed by atoms with Crippen LogP contribution in [0, 0.1) is 0 Å². The number of rotatable bonds is 3. The first-order chi connectivity index (χ1) is 8.67. The first-order valence-corrected chi connectivity index (χ1v) is 5.82. The van der Waals surface area contributed by atoms with Crippen molar-refractivity contribution in [2.24, 2.45) is 0 Å². The molecule has 0 unspecified atom stereocenters. The van der Waals surface area contributed by atoms with Crippen LogP contribution in [0.15, 0.2) is 18.3 Å². The molecule has 2 heterocycles. The summed E-state index contributed by atoms with van der Waals surface area (Å²) in [6.45, 7) is 3.93. The molecule has 0 aliphatic carbocycles. The van der Waals surface area contributed by atoms with Crippen molar-refractivity contribution in [2.75, 3.05) is 6.61 Å². The Kier molecular flexibility index (Phi) is 3.41. The van der Waals surface area contributed by atoms with E-state index >= 15 is 0 Å². The maximum Gasteiger partial charge on any atom is 0.359 e. The fourth-order valence-corrected chi connectivity index (χ4v) is 1.71. The van der Waals surface area contributed by atoms with Gasteiger partial charge in [-0.1, -0.05) is 6.92 Å². The lowest BCUT2D eigenvalue weighted by molar-refractivity contribution is 0.0521. The molecule has 0 amide bonds. The molecule has 0 bridgehead atoms. The molecule has 2 rings (SSSR count). The van der Waals surface area contributed by atoms with E-state index in [1.807, 2.05) is 6.92 Å². The highest BCUT2D eigenvalue weighted by Crippen LogP contribution is 2.25. The summed E-state index contributed by atoms with van der Waals surface area (Å²) in [5.74, 6) is -0.432. The molecule has 0 radical (unpaired) electrons. The second kappa shape index (κ2) is 5.00. The van der Waals surface area contributed by atoms with Crippen LogP contribution in [0.1, 0.15) is 30.0 Å². The van der Waals surface area contributed by atoms with Crippen molar-refractivity contribution in [3.05, 3.63) is 29.7 Å². The normalized spacial score (nSPS) is 10.6. The van der Waals surface area contributed by atoms with Crippen molar-refractivity contribution in [2.45, 2.75) is 20.3 Å². The summed E-state index contributed by atoms with van der Waals surface area (Å²) in [5.41, 5.74) is 1.24. The van der Waals surface area contributed by atoms with Crippen molar-refractivity contribution in [1.29, 1.82) is 0 Å². The van der Waals surface area contributed by atoms with Crippen LogP contribution in [-0.4, -0.2) is 27.7 Å². The Bertz CT molecular complexity index is 596. The van der Waals surface area contributed by atoms with Crippen LogP contribution in [0.3, 0.4) is 0 Å². The summed E-state index contributed by atoms with van der Waals surface area (Å²) in [6, 6.07) is 3.22. The molecule has 2 aromatic heterocycles. The highest BCUT2D eigenvalue weighted by molar-refractivity contribution is 6.02. The van der Waals surface area contributed by atoms with Gasteiger partial charge in [0.1, 0.15) is 11.3 Å². The number of hydrogen-bond acceptors (Lipinski definition) is 5. The zero-order valence-corrected chi connectivity index (χ0v) is 10.3. The van der Waals surface area contributed by atoms with Gasteiger partial charge in [-0.2, -0.15) is 0 Å². The topological polar surface area (TPSA) is 72.3 Å². The van der Waals surface area contributed by atoms with E-state index in [2.05, 4.69) is 9.97 Å². The van der Waals surface area contributed by atoms with E-state index in [0.29, 0.717) is 23.0 Å². The van der Waals surface area contributed by atoms with Crippen molar-refractivity contribution >= 4 is 16.9 Å². The SMILES string of the molecule is CCOC(=O)c1nc(CC)cc2c(O)ccnc12. The summed E-state index contributed by atoms with van der Waals surface area (Å²) in [4.78, 5) is 20.2. The number of fused-ring (bicyclic) bond motifs is 1. The second-order valence-electron chi connectivity index (χ2n) is 3.76. The minimum Gasteiger partial charge on any atom is -0.507 e. The van der Waals surface area contributed by atoms with E-state index in [0.717, 1.165) is 0 Å². The van der Waals surface area contributed by atoms with Gasteiger partial charge in [-0.05, 0) is 25.5 Å². The molecule has 5 heteroatoms. The van der Waals surface area contributed by atoms with Gasteiger partial charge < -0.3 is 9.84 Å². The molecule has 5 nitrogen and oxygen atoms in total. The zero-order valence-electron chi connectivity index (χ0n) is 10.3. The molecule has 0 aromatic carbocycles. The molecule has 1 N–H and O–H groups in total. The van der Waals surface area contributed by atoms with Gasteiger partial charge >= 0.3 is 5.97 Å². The van der Waals surface area contributed by atoms with Gasteiger partial charge in [-0.3, -0.25) is 4.98 Å². The summed E-state index contributed by atoms with van der Waals surface area (Å²) in [5, 5.41) is 10.3. The first kappa shape index (κ1) is 12.3. The average Bonchev–Trinajstić information content (AvgIpc) is 2.38. The third-order valence-electron chi connectivity index (χ3n) is 2.59. The average molecular weight is 246 g/mol. The van der Waals surface area contributed by atoms with Gasteiger partial charge in [0.15, 0.2) is 5.69 Å². The van der Waals surface area contributed by atoms with Crippen LogP contribution in [-0.2, 0) is 11.2 Å². The number of ether oxygens (including phenoxy) is 1. The van der Waals surface area contributed by atoms with Gasteiger partial charge in [-0.15, -0.1) is 0 Å². The molecule has 0 fully saturated rings. The minimum atomic E-state index is -0.518. The smallest absolute Gasteiger partial charge is 0.359 e. The monoisotopic (exact) mass is 246 g/mol. The van der Waals surface area contributed by atoms with E-state index in [9.17, 15) is 9.90 Å². The van der Waals surface area contributed by atoms with Crippen LogP contribution in [0.2, 0.25) is 0 Å². The second-order valence-corrected chi connectivity index (χ2v) is 3.76. The molecule has 2 aromatic rings. The van der Waals surface area contributed by atoms with Crippen LogP contribution >= 0.6 is 0 Å². The molecule has 18 heavy (non-hydrogen) atoms. The molecule has 94 valence electrons. The maximum atomic E-state index is 11.8. The van der Waals surface area contributed by atoms with Crippen LogP contribution in [0.4, 0.5) is 0 Å². The van der Waals surface area contributed by atoms with Crippen molar-refractivity contribution in [3.8, 4) is 5.75 Å². The number of nitrogens with zero attached hydrogens (tertiary/aromatic N) is 2. The summed E-state index contributed by atoms with van der Waals surface area (Å²) in [7, 11) is 0. The Morgan fingerprint density at radius 3 is 2.89 bits per heavy atom. The lowest BCUT2D eigenvalue weighted by Gasteiger charge is -2.08. The van der Waals surface area contributed by atoms with E-state index in [-0.39, 0.29) is 18.1 Å². The fourth-order valence-electron chi connectivity index (χ4n) is 1.71. The number of carbonyl (C=O) groups excluding carboxylic acids is 1. The number of hydrogen-bond donors (Lipinski definition) is 1. The lowest BCUT2D eigenvalue weighted by atomic mass is 10.1. The van der Waals surface area contributed by atoms with Crippen molar-refractivity contribution in [3.63, 3.8) is 0 Å². The zero-order chi connectivity index (χ0) is 13.1. The predicted octanol–water partition coefficient (Wildman–Crippen LogP) is 2.07. The van der Waals surface area contributed by atoms with E-state index in [1.165, 1.54) is 12.3 Å². The maximum absolute atomic E-state index is 11.8. The van der Waals surface area contributed by atoms with E-state index < -0.39 is 5.97 Å². The van der Waals surface area contributed by atoms with Gasteiger partial charge in [0.05, 0.1) is 6.61 Å². The third-order valence-corrected chi connectivity index (χ3v) is 2.59. The highest BCUT2D eigenvalue weighted by Gasteiger charge is 2.17. The Balaban J connectivity index is 2.70. The van der Waals surface area contributed by atoms with Crippen LogP contribution < -0.4 is 0 Å². The number of aromatic hydroxyl groups is 1. The third kappa shape index (κ3) is 2.11. The molecule has 0 saturated carbocycles. The quantitative estimate of drug-likeness (QED) is 0.839. The van der Waals surface area contributed by atoms with Crippen molar-refractivity contribution < 1.29 is 14.6 Å². The predicted molar refractivity (Wildman–Crippen MR) is 66.5 cm³/mol. The first-order valence-electron chi connectivity index (χ1n) is 5.82. The number of carbonyl (C=O) groups is 1. The number of pyridine rings is 2. The fraction of sp³-hybridized carbons (Fsp3) is 0.308. The number of aromatic nitrogens is 2. The Morgan fingerprint density at radius 1 is 1.44 bits per heavy atom. The Hall–Kier alpha value is -2.17. The van der Waals surface area contributed by atoms with E-state index in [4.69, 9.17) is 4.74 Å².